The van der Waals surface area contributed by atoms with Gasteiger partial charge in [0, 0.05) is 18.3 Å². The molecule has 88 valence electrons. The van der Waals surface area contributed by atoms with Crippen LogP contribution < -0.4 is 5.32 Å². The smallest absolute Gasteiger partial charge is 0.0163 e. The molecule has 2 fully saturated rings. The van der Waals surface area contributed by atoms with E-state index in [-0.39, 0.29) is 0 Å². The first kappa shape index (κ1) is 11.8. The molecule has 0 spiro atoms. The van der Waals surface area contributed by atoms with Gasteiger partial charge in [0.1, 0.15) is 0 Å². The molecular formula is C13H25NS. The Morgan fingerprint density at radius 1 is 1.27 bits per heavy atom. The molecule has 0 amide bonds. The van der Waals surface area contributed by atoms with Gasteiger partial charge in [0.15, 0.2) is 0 Å². The molecule has 0 bridgehead atoms. The van der Waals surface area contributed by atoms with Gasteiger partial charge in [0.2, 0.25) is 0 Å². The van der Waals surface area contributed by atoms with Gasteiger partial charge in [-0.2, -0.15) is 11.8 Å². The van der Waals surface area contributed by atoms with E-state index in [0.29, 0.717) is 10.8 Å². The van der Waals surface area contributed by atoms with Gasteiger partial charge < -0.3 is 5.32 Å². The molecule has 1 nitrogen and oxygen atoms in total. The summed E-state index contributed by atoms with van der Waals surface area (Å²) in [7, 11) is 0. The van der Waals surface area contributed by atoms with E-state index in [4.69, 9.17) is 0 Å². The van der Waals surface area contributed by atoms with Crippen molar-refractivity contribution in [3.63, 3.8) is 0 Å². The van der Waals surface area contributed by atoms with Gasteiger partial charge >= 0.3 is 0 Å². The third-order valence-electron chi connectivity index (χ3n) is 3.99. The Morgan fingerprint density at radius 3 is 2.53 bits per heavy atom. The van der Waals surface area contributed by atoms with Crippen molar-refractivity contribution < 1.29 is 0 Å². The number of hydrogen-bond donors (Lipinski definition) is 1. The van der Waals surface area contributed by atoms with Crippen molar-refractivity contribution in [1.82, 2.24) is 5.32 Å². The van der Waals surface area contributed by atoms with E-state index in [1.54, 1.807) is 0 Å². The lowest BCUT2D eigenvalue weighted by Gasteiger charge is -2.42. The highest BCUT2D eigenvalue weighted by Crippen LogP contribution is 2.40. The molecule has 0 aromatic carbocycles. The molecule has 1 N–H and O–H groups in total. The molecule has 1 heterocycles. The normalized spacial score (nSPS) is 33.4. The Labute approximate surface area is 98.8 Å². The fraction of sp³-hybridized carbons (Fsp3) is 1.00. The molecule has 1 saturated heterocycles. The van der Waals surface area contributed by atoms with Gasteiger partial charge in [-0.15, -0.1) is 0 Å². The van der Waals surface area contributed by atoms with Crippen LogP contribution in [0.2, 0.25) is 0 Å². The molecule has 1 unspecified atom stereocenters. The minimum Gasteiger partial charge on any atom is -0.313 e. The maximum atomic E-state index is 3.80. The number of hydrogen-bond acceptors (Lipinski definition) is 2. The Kier molecular flexibility index (Phi) is 3.37. The van der Waals surface area contributed by atoms with Crippen molar-refractivity contribution in [2.75, 3.05) is 18.1 Å². The monoisotopic (exact) mass is 227 g/mol. The van der Waals surface area contributed by atoms with Crippen LogP contribution in [0.25, 0.3) is 0 Å². The van der Waals surface area contributed by atoms with Crippen LogP contribution in [0.1, 0.15) is 46.5 Å². The van der Waals surface area contributed by atoms with E-state index >= 15 is 0 Å². The van der Waals surface area contributed by atoms with Gasteiger partial charge in [-0.1, -0.05) is 27.2 Å². The fourth-order valence-electron chi connectivity index (χ4n) is 2.74. The third-order valence-corrected chi connectivity index (χ3v) is 5.61. The first-order valence-electron chi connectivity index (χ1n) is 6.30. The Bertz CT molecular complexity index is 221. The van der Waals surface area contributed by atoms with Crippen molar-refractivity contribution in [2.24, 2.45) is 10.8 Å². The van der Waals surface area contributed by atoms with Crippen molar-refractivity contribution in [1.29, 1.82) is 0 Å². The first-order chi connectivity index (χ1) is 6.99. The van der Waals surface area contributed by atoms with Crippen LogP contribution in [0.5, 0.6) is 0 Å². The Balaban J connectivity index is 1.74. The van der Waals surface area contributed by atoms with Gasteiger partial charge in [-0.3, -0.25) is 0 Å². The summed E-state index contributed by atoms with van der Waals surface area (Å²) in [5.41, 5.74) is 1.17. The second-order valence-corrected chi connectivity index (χ2v) is 7.66. The lowest BCUT2D eigenvalue weighted by atomic mass is 9.70. The molecule has 2 heteroatoms. The van der Waals surface area contributed by atoms with Gasteiger partial charge in [0.05, 0.1) is 0 Å². The van der Waals surface area contributed by atoms with Crippen LogP contribution in [-0.4, -0.2) is 24.1 Å². The summed E-state index contributed by atoms with van der Waals surface area (Å²) in [5.74, 6) is 2.65. The molecule has 0 aromatic rings. The predicted octanol–water partition coefficient (Wildman–Crippen LogP) is 3.30. The first-order valence-corrected chi connectivity index (χ1v) is 7.46. The van der Waals surface area contributed by atoms with Crippen molar-refractivity contribution >= 4 is 11.8 Å². The quantitative estimate of drug-likeness (QED) is 0.794. The highest BCUT2D eigenvalue weighted by molar-refractivity contribution is 7.99. The molecule has 1 atom stereocenters. The average molecular weight is 227 g/mol. The van der Waals surface area contributed by atoms with E-state index in [1.807, 2.05) is 0 Å². The van der Waals surface area contributed by atoms with Crippen LogP contribution in [0, 0.1) is 10.8 Å². The lowest BCUT2D eigenvalue weighted by Crippen LogP contribution is -2.46. The SMILES string of the molecule is CC1(C)CSCC(NCC2(C)CCC2)C1. The largest absolute Gasteiger partial charge is 0.313 e. The maximum absolute atomic E-state index is 3.80. The van der Waals surface area contributed by atoms with Crippen LogP contribution in [0.3, 0.4) is 0 Å². The van der Waals surface area contributed by atoms with Crippen LogP contribution >= 0.6 is 11.8 Å². The molecule has 1 aliphatic carbocycles. The summed E-state index contributed by atoms with van der Waals surface area (Å²) in [4.78, 5) is 0. The highest BCUT2D eigenvalue weighted by Gasteiger charge is 2.34. The number of nitrogens with one attached hydrogen (secondary N) is 1. The molecule has 0 radical (unpaired) electrons. The number of thioether (sulfide) groups is 1. The minimum absolute atomic E-state index is 0.543. The topological polar surface area (TPSA) is 12.0 Å². The summed E-state index contributed by atoms with van der Waals surface area (Å²) in [5, 5.41) is 3.80. The summed E-state index contributed by atoms with van der Waals surface area (Å²) in [6.07, 6.45) is 5.67. The zero-order chi connectivity index (χ0) is 10.9. The van der Waals surface area contributed by atoms with Crippen LogP contribution in [0.4, 0.5) is 0 Å². The molecule has 15 heavy (non-hydrogen) atoms. The van der Waals surface area contributed by atoms with E-state index in [2.05, 4.69) is 37.8 Å². The molecule has 0 aromatic heterocycles. The van der Waals surface area contributed by atoms with Crippen LogP contribution in [0.15, 0.2) is 0 Å². The zero-order valence-corrected chi connectivity index (χ0v) is 11.3. The van der Waals surface area contributed by atoms with Crippen molar-refractivity contribution in [3.05, 3.63) is 0 Å². The number of rotatable bonds is 3. The summed E-state index contributed by atoms with van der Waals surface area (Å²) in [6, 6.07) is 0.760. The maximum Gasteiger partial charge on any atom is 0.0163 e. The molecular weight excluding hydrogens is 202 g/mol. The molecule has 2 aliphatic rings. The van der Waals surface area contributed by atoms with Crippen molar-refractivity contribution in [3.8, 4) is 0 Å². The average Bonchev–Trinajstić information content (AvgIpc) is 2.10. The van der Waals surface area contributed by atoms with E-state index in [9.17, 15) is 0 Å². The summed E-state index contributed by atoms with van der Waals surface area (Å²) in [6.45, 7) is 8.48. The Hall–Kier alpha value is 0.310. The van der Waals surface area contributed by atoms with E-state index < -0.39 is 0 Å². The fourth-order valence-corrected chi connectivity index (χ4v) is 4.05. The zero-order valence-electron chi connectivity index (χ0n) is 10.4. The van der Waals surface area contributed by atoms with Gasteiger partial charge in [-0.25, -0.2) is 0 Å². The second-order valence-electron chi connectivity index (χ2n) is 6.63. The summed E-state index contributed by atoms with van der Waals surface area (Å²) >= 11 is 2.12. The predicted molar refractivity (Wildman–Crippen MR) is 69.5 cm³/mol. The third kappa shape index (κ3) is 3.13. The highest BCUT2D eigenvalue weighted by atomic mass is 32.2. The van der Waals surface area contributed by atoms with E-state index in [1.165, 1.54) is 43.7 Å². The van der Waals surface area contributed by atoms with E-state index in [0.717, 1.165) is 6.04 Å². The minimum atomic E-state index is 0.543. The van der Waals surface area contributed by atoms with Gasteiger partial charge in [-0.05, 0) is 35.8 Å². The lowest BCUT2D eigenvalue weighted by molar-refractivity contribution is 0.146. The van der Waals surface area contributed by atoms with Crippen LogP contribution in [-0.2, 0) is 0 Å². The molecule has 1 aliphatic heterocycles. The Morgan fingerprint density at radius 2 is 2.00 bits per heavy atom. The van der Waals surface area contributed by atoms with Gasteiger partial charge in [0.25, 0.3) is 0 Å². The summed E-state index contributed by atoms with van der Waals surface area (Å²) < 4.78 is 0. The van der Waals surface area contributed by atoms with Crippen molar-refractivity contribution in [2.45, 2.75) is 52.5 Å². The standard InChI is InChI=1S/C13H25NS/c1-12(2)7-11(8-15-10-12)14-9-13(3)5-4-6-13/h11,14H,4-10H2,1-3H3. The molecule has 2 rings (SSSR count). The molecule has 1 saturated carbocycles. The second kappa shape index (κ2) is 4.29.